The number of aromatic carboxylic acids is 1. The summed E-state index contributed by atoms with van der Waals surface area (Å²) in [5, 5.41) is 13.2. The van der Waals surface area contributed by atoms with Crippen LogP contribution in [0.3, 0.4) is 0 Å². The number of hydrogen-bond donors (Lipinski definition) is 4. The molecule has 0 bridgehead atoms. The van der Waals surface area contributed by atoms with Crippen molar-refractivity contribution in [3.05, 3.63) is 23.8 Å². The van der Waals surface area contributed by atoms with Crippen LogP contribution in [0.25, 0.3) is 0 Å². The van der Waals surface area contributed by atoms with Gasteiger partial charge in [-0.15, -0.1) is 0 Å². The summed E-state index contributed by atoms with van der Waals surface area (Å²) in [5.41, 5.74) is 5.71. The highest BCUT2D eigenvalue weighted by atomic mass is 16.5. The molecular formula is C12H15N3O5. The Hall–Kier alpha value is -2.77. The first kappa shape index (κ1) is 15.3. The third-order valence-electron chi connectivity index (χ3n) is 2.37. The number of hydrogen-bond acceptors (Lipinski definition) is 5. The minimum Gasteiger partial charge on any atom is -0.480 e. The molecule has 3 amide bonds. The monoisotopic (exact) mass is 281 g/mol. The van der Waals surface area contributed by atoms with Crippen LogP contribution in [0.1, 0.15) is 17.3 Å². The van der Waals surface area contributed by atoms with E-state index in [1.54, 1.807) is 0 Å². The van der Waals surface area contributed by atoms with E-state index in [-0.39, 0.29) is 11.3 Å². The number of rotatable bonds is 4. The van der Waals surface area contributed by atoms with Crippen molar-refractivity contribution in [3.63, 3.8) is 0 Å². The first-order valence-electron chi connectivity index (χ1n) is 5.67. The van der Waals surface area contributed by atoms with Crippen molar-refractivity contribution in [2.75, 3.05) is 12.8 Å². The number of amides is 3. The molecule has 0 aromatic heterocycles. The number of carbonyl (C=O) groups excluding carboxylic acids is 2. The molecule has 1 atom stereocenters. The number of carboxylic acid groups (broad SMARTS) is 1. The van der Waals surface area contributed by atoms with Crippen molar-refractivity contribution in [3.8, 4) is 5.75 Å². The van der Waals surface area contributed by atoms with Crippen LogP contribution < -0.4 is 21.1 Å². The van der Waals surface area contributed by atoms with E-state index in [1.165, 1.54) is 32.2 Å². The fourth-order valence-corrected chi connectivity index (χ4v) is 1.33. The van der Waals surface area contributed by atoms with Gasteiger partial charge in [-0.25, -0.2) is 9.59 Å². The van der Waals surface area contributed by atoms with Gasteiger partial charge >= 0.3 is 12.0 Å². The number of urea groups is 1. The van der Waals surface area contributed by atoms with Gasteiger partial charge in [0.2, 0.25) is 0 Å². The SMILES string of the molecule is CNC(=O)NC(=O)C(C)Oc1cc(N)ccc1C(=O)O. The molecular weight excluding hydrogens is 266 g/mol. The van der Waals surface area contributed by atoms with Gasteiger partial charge in [0.25, 0.3) is 5.91 Å². The van der Waals surface area contributed by atoms with E-state index in [0.29, 0.717) is 5.69 Å². The van der Waals surface area contributed by atoms with Crippen molar-refractivity contribution in [1.29, 1.82) is 0 Å². The highest BCUT2D eigenvalue weighted by molar-refractivity contribution is 5.96. The van der Waals surface area contributed by atoms with Gasteiger partial charge in [-0.3, -0.25) is 10.1 Å². The molecule has 1 aromatic carbocycles. The van der Waals surface area contributed by atoms with Gasteiger partial charge in [-0.05, 0) is 19.1 Å². The van der Waals surface area contributed by atoms with Crippen LogP contribution in [-0.2, 0) is 4.79 Å². The lowest BCUT2D eigenvalue weighted by atomic mass is 10.2. The predicted molar refractivity (Wildman–Crippen MR) is 70.5 cm³/mol. The maximum atomic E-state index is 11.6. The molecule has 0 saturated heterocycles. The van der Waals surface area contributed by atoms with Crippen LogP contribution >= 0.6 is 0 Å². The Morgan fingerprint density at radius 1 is 1.35 bits per heavy atom. The van der Waals surface area contributed by atoms with Crippen molar-refractivity contribution in [1.82, 2.24) is 10.6 Å². The molecule has 1 aromatic rings. The lowest BCUT2D eigenvalue weighted by Gasteiger charge is -2.15. The van der Waals surface area contributed by atoms with Crippen LogP contribution in [0.2, 0.25) is 0 Å². The van der Waals surface area contributed by atoms with Crippen LogP contribution in [0.4, 0.5) is 10.5 Å². The van der Waals surface area contributed by atoms with E-state index in [0.717, 1.165) is 0 Å². The van der Waals surface area contributed by atoms with Gasteiger partial charge in [-0.2, -0.15) is 0 Å². The summed E-state index contributed by atoms with van der Waals surface area (Å²) in [4.78, 5) is 33.6. The molecule has 0 aliphatic heterocycles. The van der Waals surface area contributed by atoms with E-state index in [1.807, 2.05) is 5.32 Å². The first-order chi connectivity index (χ1) is 9.35. The van der Waals surface area contributed by atoms with Crippen molar-refractivity contribution >= 4 is 23.6 Å². The zero-order chi connectivity index (χ0) is 15.3. The predicted octanol–water partition coefficient (Wildman–Crippen LogP) is 0.190. The second-order valence-corrected chi connectivity index (χ2v) is 3.89. The Morgan fingerprint density at radius 2 is 2.00 bits per heavy atom. The normalized spacial score (nSPS) is 11.3. The van der Waals surface area contributed by atoms with Gasteiger partial charge in [0.15, 0.2) is 6.10 Å². The van der Waals surface area contributed by atoms with E-state index in [4.69, 9.17) is 15.6 Å². The Balaban J connectivity index is 2.87. The lowest BCUT2D eigenvalue weighted by molar-refractivity contribution is -0.126. The molecule has 0 saturated carbocycles. The summed E-state index contributed by atoms with van der Waals surface area (Å²) >= 11 is 0. The van der Waals surface area contributed by atoms with Crippen molar-refractivity contribution in [2.24, 2.45) is 0 Å². The molecule has 8 heteroatoms. The fraction of sp³-hybridized carbons (Fsp3) is 0.250. The van der Waals surface area contributed by atoms with E-state index in [9.17, 15) is 14.4 Å². The van der Waals surface area contributed by atoms with Gasteiger partial charge in [0, 0.05) is 18.8 Å². The van der Waals surface area contributed by atoms with Crippen molar-refractivity contribution in [2.45, 2.75) is 13.0 Å². The average Bonchev–Trinajstić information content (AvgIpc) is 2.38. The van der Waals surface area contributed by atoms with E-state index < -0.39 is 24.0 Å². The van der Waals surface area contributed by atoms with Crippen LogP contribution in [0.5, 0.6) is 5.75 Å². The Kier molecular flexibility index (Phi) is 4.90. The van der Waals surface area contributed by atoms with Gasteiger partial charge in [0.05, 0.1) is 0 Å². The van der Waals surface area contributed by atoms with Crippen LogP contribution in [-0.4, -0.2) is 36.2 Å². The molecule has 0 fully saturated rings. The molecule has 8 nitrogen and oxygen atoms in total. The topological polar surface area (TPSA) is 131 Å². The largest absolute Gasteiger partial charge is 0.480 e. The number of carboxylic acids is 1. The van der Waals surface area contributed by atoms with Crippen LogP contribution in [0, 0.1) is 0 Å². The first-order valence-corrected chi connectivity index (χ1v) is 5.67. The summed E-state index contributed by atoms with van der Waals surface area (Å²) in [7, 11) is 1.36. The molecule has 0 aliphatic carbocycles. The molecule has 0 spiro atoms. The number of carbonyl (C=O) groups is 3. The zero-order valence-corrected chi connectivity index (χ0v) is 11.0. The second kappa shape index (κ2) is 6.41. The molecule has 108 valence electrons. The quantitative estimate of drug-likeness (QED) is 0.583. The highest BCUT2D eigenvalue weighted by Gasteiger charge is 2.20. The maximum absolute atomic E-state index is 11.6. The number of benzene rings is 1. The van der Waals surface area contributed by atoms with E-state index >= 15 is 0 Å². The molecule has 0 aliphatic rings. The van der Waals surface area contributed by atoms with Crippen LogP contribution in [0.15, 0.2) is 18.2 Å². The number of anilines is 1. The Bertz CT molecular complexity index is 544. The summed E-state index contributed by atoms with van der Waals surface area (Å²) in [5.74, 6) is -1.96. The summed E-state index contributed by atoms with van der Waals surface area (Å²) in [6.07, 6.45) is -1.06. The van der Waals surface area contributed by atoms with Gasteiger partial charge in [0.1, 0.15) is 11.3 Å². The van der Waals surface area contributed by atoms with Crippen molar-refractivity contribution < 1.29 is 24.2 Å². The Labute approximate surface area is 114 Å². The number of ether oxygens (including phenoxy) is 1. The fourth-order valence-electron chi connectivity index (χ4n) is 1.33. The summed E-state index contributed by atoms with van der Waals surface area (Å²) < 4.78 is 5.24. The minimum atomic E-state index is -1.21. The standard InChI is InChI=1S/C12H15N3O5/c1-6(10(16)15-12(19)14-2)20-9-5-7(13)3-4-8(9)11(17)18/h3-6H,13H2,1-2H3,(H,17,18)(H2,14,15,16,19). The smallest absolute Gasteiger partial charge is 0.339 e. The summed E-state index contributed by atoms with van der Waals surface area (Å²) in [6, 6.07) is 3.30. The second-order valence-electron chi connectivity index (χ2n) is 3.89. The zero-order valence-electron chi connectivity index (χ0n) is 11.0. The van der Waals surface area contributed by atoms with Gasteiger partial charge < -0.3 is 20.9 Å². The molecule has 0 radical (unpaired) electrons. The lowest BCUT2D eigenvalue weighted by Crippen LogP contribution is -2.44. The average molecular weight is 281 g/mol. The maximum Gasteiger partial charge on any atom is 0.339 e. The third kappa shape index (κ3) is 3.87. The summed E-state index contributed by atoms with van der Waals surface area (Å²) in [6.45, 7) is 1.38. The number of nitrogen functional groups attached to an aromatic ring is 1. The third-order valence-corrected chi connectivity index (χ3v) is 2.37. The Morgan fingerprint density at radius 3 is 2.55 bits per heavy atom. The number of nitrogens with two attached hydrogens (primary N) is 1. The molecule has 5 N–H and O–H groups in total. The van der Waals surface area contributed by atoms with E-state index in [2.05, 4.69) is 5.32 Å². The minimum absolute atomic E-state index is 0.0444. The number of imide groups is 1. The highest BCUT2D eigenvalue weighted by Crippen LogP contribution is 2.23. The molecule has 1 rings (SSSR count). The molecule has 1 unspecified atom stereocenters. The number of nitrogens with one attached hydrogen (secondary N) is 2. The molecule has 0 heterocycles. The van der Waals surface area contributed by atoms with Gasteiger partial charge in [-0.1, -0.05) is 0 Å². The molecule has 20 heavy (non-hydrogen) atoms.